The van der Waals surface area contributed by atoms with Crippen LogP contribution in [0.1, 0.15) is 11.7 Å². The van der Waals surface area contributed by atoms with Crippen LogP contribution in [0.3, 0.4) is 0 Å². The molecule has 112 valence electrons. The molecule has 0 aliphatic carbocycles. The van der Waals surface area contributed by atoms with Crippen LogP contribution in [0.15, 0.2) is 36.7 Å². The van der Waals surface area contributed by atoms with Crippen LogP contribution in [-0.2, 0) is 11.3 Å². The van der Waals surface area contributed by atoms with Crippen molar-refractivity contribution >= 4 is 11.6 Å². The molecule has 1 aliphatic rings. The average Bonchev–Trinajstić information content (AvgIpc) is 3.02. The Morgan fingerprint density at radius 1 is 1.38 bits per heavy atom. The van der Waals surface area contributed by atoms with Gasteiger partial charge in [-0.2, -0.15) is 5.10 Å². The summed E-state index contributed by atoms with van der Waals surface area (Å²) >= 11 is 5.84. The van der Waals surface area contributed by atoms with Crippen molar-refractivity contribution in [2.75, 3.05) is 26.2 Å². The first kappa shape index (κ1) is 14.5. The maximum absolute atomic E-state index is 13.2. The normalized spacial score (nSPS) is 19.8. The van der Waals surface area contributed by atoms with E-state index in [1.54, 1.807) is 18.3 Å². The highest BCUT2D eigenvalue weighted by molar-refractivity contribution is 6.30. The number of morpholine rings is 1. The van der Waals surface area contributed by atoms with Gasteiger partial charge in [0.1, 0.15) is 5.82 Å². The Morgan fingerprint density at radius 2 is 2.29 bits per heavy atom. The van der Waals surface area contributed by atoms with Crippen molar-refractivity contribution in [3.05, 3.63) is 53.1 Å². The summed E-state index contributed by atoms with van der Waals surface area (Å²) < 4.78 is 20.9. The van der Waals surface area contributed by atoms with Crippen molar-refractivity contribution < 1.29 is 9.13 Å². The molecule has 4 nitrogen and oxygen atoms in total. The first-order valence-corrected chi connectivity index (χ1v) is 7.36. The molecule has 0 radical (unpaired) electrons. The van der Waals surface area contributed by atoms with E-state index in [-0.39, 0.29) is 11.1 Å². The zero-order chi connectivity index (χ0) is 14.7. The molecule has 2 heterocycles. The van der Waals surface area contributed by atoms with Gasteiger partial charge in [-0.3, -0.25) is 9.58 Å². The summed E-state index contributed by atoms with van der Waals surface area (Å²) in [6, 6.07) is 6.70. The zero-order valence-corrected chi connectivity index (χ0v) is 12.3. The maximum Gasteiger partial charge on any atom is 0.141 e. The summed E-state index contributed by atoms with van der Waals surface area (Å²) in [5.74, 6) is -0.397. The van der Waals surface area contributed by atoms with Crippen molar-refractivity contribution in [2.24, 2.45) is 0 Å². The predicted molar refractivity (Wildman–Crippen MR) is 78.8 cm³/mol. The van der Waals surface area contributed by atoms with Gasteiger partial charge in [-0.25, -0.2) is 4.39 Å². The van der Waals surface area contributed by atoms with Crippen molar-refractivity contribution in [1.82, 2.24) is 14.7 Å². The fourth-order valence-corrected chi connectivity index (χ4v) is 2.69. The molecule has 0 amide bonds. The maximum atomic E-state index is 13.2. The van der Waals surface area contributed by atoms with E-state index in [2.05, 4.69) is 10.00 Å². The minimum absolute atomic E-state index is 0.0607. The van der Waals surface area contributed by atoms with Crippen LogP contribution < -0.4 is 0 Å². The molecule has 1 aliphatic heterocycles. The van der Waals surface area contributed by atoms with E-state index >= 15 is 0 Å². The number of ether oxygens (including phenoxy) is 1. The summed E-state index contributed by atoms with van der Waals surface area (Å²) in [7, 11) is 0. The minimum Gasteiger partial charge on any atom is -0.371 e. The monoisotopic (exact) mass is 309 g/mol. The van der Waals surface area contributed by atoms with Crippen LogP contribution in [0.2, 0.25) is 5.02 Å². The second-order valence-corrected chi connectivity index (χ2v) is 5.51. The van der Waals surface area contributed by atoms with E-state index in [9.17, 15) is 4.39 Å². The van der Waals surface area contributed by atoms with Gasteiger partial charge in [0.25, 0.3) is 0 Å². The molecule has 6 heteroatoms. The molecule has 0 bridgehead atoms. The van der Waals surface area contributed by atoms with Crippen molar-refractivity contribution in [3.63, 3.8) is 0 Å². The lowest BCUT2D eigenvalue weighted by Crippen LogP contribution is -2.40. The van der Waals surface area contributed by atoms with Crippen LogP contribution in [0, 0.1) is 5.82 Å². The molecule has 0 saturated carbocycles. The standard InChI is InChI=1S/C15H17ClFN3O/c16-13-10-12(2-3-14(13)17)15-11-19(8-9-21-15)6-7-20-5-1-4-18-20/h1-5,10,15H,6-9,11H2/t15-/m1/s1. The Balaban J connectivity index is 1.61. The van der Waals surface area contributed by atoms with E-state index in [1.165, 1.54) is 6.07 Å². The molecule has 1 atom stereocenters. The predicted octanol–water partition coefficient (Wildman–Crippen LogP) is 2.75. The quantitative estimate of drug-likeness (QED) is 0.870. The highest BCUT2D eigenvalue weighted by atomic mass is 35.5. The lowest BCUT2D eigenvalue weighted by molar-refractivity contribution is -0.0311. The van der Waals surface area contributed by atoms with Crippen LogP contribution in [0.25, 0.3) is 0 Å². The van der Waals surface area contributed by atoms with Gasteiger partial charge in [0, 0.05) is 32.0 Å². The molecule has 1 saturated heterocycles. The molecule has 1 aromatic heterocycles. The lowest BCUT2D eigenvalue weighted by atomic mass is 10.1. The smallest absolute Gasteiger partial charge is 0.141 e. The Hall–Kier alpha value is -1.43. The third-order valence-electron chi connectivity index (χ3n) is 3.67. The first-order chi connectivity index (χ1) is 10.2. The third-order valence-corrected chi connectivity index (χ3v) is 3.96. The van der Waals surface area contributed by atoms with E-state index in [1.807, 2.05) is 16.9 Å². The average molecular weight is 310 g/mol. The molecule has 3 rings (SSSR count). The van der Waals surface area contributed by atoms with Gasteiger partial charge >= 0.3 is 0 Å². The third kappa shape index (κ3) is 3.61. The van der Waals surface area contributed by atoms with E-state index in [0.29, 0.717) is 6.61 Å². The van der Waals surface area contributed by atoms with Gasteiger partial charge < -0.3 is 4.74 Å². The summed E-state index contributed by atoms with van der Waals surface area (Å²) in [6.07, 6.45) is 3.68. The molecular formula is C15H17ClFN3O. The fraction of sp³-hybridized carbons (Fsp3) is 0.400. The molecule has 1 fully saturated rings. The molecular weight excluding hydrogens is 293 g/mol. The summed E-state index contributed by atoms with van der Waals surface area (Å²) in [5.41, 5.74) is 0.921. The van der Waals surface area contributed by atoms with E-state index in [4.69, 9.17) is 16.3 Å². The Kier molecular flexibility index (Phi) is 4.53. The second-order valence-electron chi connectivity index (χ2n) is 5.10. The number of benzene rings is 1. The molecule has 21 heavy (non-hydrogen) atoms. The largest absolute Gasteiger partial charge is 0.371 e. The van der Waals surface area contributed by atoms with Crippen LogP contribution in [-0.4, -0.2) is 40.9 Å². The fourth-order valence-electron chi connectivity index (χ4n) is 2.50. The van der Waals surface area contributed by atoms with E-state index < -0.39 is 5.82 Å². The van der Waals surface area contributed by atoms with Crippen molar-refractivity contribution in [2.45, 2.75) is 12.6 Å². The summed E-state index contributed by atoms with van der Waals surface area (Å²) in [4.78, 5) is 2.33. The molecule has 1 aromatic carbocycles. The molecule has 0 spiro atoms. The highest BCUT2D eigenvalue weighted by Crippen LogP contribution is 2.26. The summed E-state index contributed by atoms with van der Waals surface area (Å²) in [6.45, 7) is 4.11. The topological polar surface area (TPSA) is 30.3 Å². The Morgan fingerprint density at radius 3 is 3.05 bits per heavy atom. The zero-order valence-electron chi connectivity index (χ0n) is 11.6. The first-order valence-electron chi connectivity index (χ1n) is 6.99. The summed E-state index contributed by atoms with van der Waals surface area (Å²) in [5, 5.41) is 4.34. The van der Waals surface area contributed by atoms with Gasteiger partial charge in [0.05, 0.1) is 24.3 Å². The minimum atomic E-state index is -0.397. The number of aromatic nitrogens is 2. The second kappa shape index (κ2) is 6.56. The lowest BCUT2D eigenvalue weighted by Gasteiger charge is -2.33. The van der Waals surface area contributed by atoms with Gasteiger partial charge in [0.15, 0.2) is 0 Å². The SMILES string of the molecule is Fc1ccc([C@H]2CN(CCn3cccn3)CCO2)cc1Cl. The van der Waals surface area contributed by atoms with Crippen LogP contribution >= 0.6 is 11.6 Å². The highest BCUT2D eigenvalue weighted by Gasteiger charge is 2.22. The van der Waals surface area contributed by atoms with Crippen molar-refractivity contribution in [1.29, 1.82) is 0 Å². The number of hydrogen-bond donors (Lipinski definition) is 0. The number of hydrogen-bond acceptors (Lipinski definition) is 3. The van der Waals surface area contributed by atoms with Gasteiger partial charge in [0.2, 0.25) is 0 Å². The molecule has 0 unspecified atom stereocenters. The molecule has 2 aromatic rings. The van der Waals surface area contributed by atoms with Gasteiger partial charge in [-0.05, 0) is 23.8 Å². The van der Waals surface area contributed by atoms with Crippen LogP contribution in [0.5, 0.6) is 0 Å². The number of rotatable bonds is 4. The van der Waals surface area contributed by atoms with Crippen LogP contribution in [0.4, 0.5) is 4.39 Å². The Labute approximate surface area is 128 Å². The van der Waals surface area contributed by atoms with Crippen molar-refractivity contribution in [3.8, 4) is 0 Å². The Bertz CT molecular complexity index is 591. The van der Waals surface area contributed by atoms with E-state index in [0.717, 1.165) is 31.7 Å². The number of nitrogens with zero attached hydrogens (tertiary/aromatic N) is 3. The molecule has 0 N–H and O–H groups in total. The number of halogens is 2. The van der Waals surface area contributed by atoms with Gasteiger partial charge in [-0.1, -0.05) is 17.7 Å². The van der Waals surface area contributed by atoms with Gasteiger partial charge in [-0.15, -0.1) is 0 Å².